The molecule has 0 spiro atoms. The molecule has 1 atom stereocenters. The third-order valence-electron chi connectivity index (χ3n) is 4.39. The molecule has 0 radical (unpaired) electrons. The van der Waals surface area contributed by atoms with Crippen LogP contribution in [0.3, 0.4) is 0 Å². The second-order valence-electron chi connectivity index (χ2n) is 6.58. The largest absolute Gasteiger partial charge is 0.489 e. The lowest BCUT2D eigenvalue weighted by molar-refractivity contribution is -0.130. The number of nitrogens with zero attached hydrogens (tertiary/aromatic N) is 1. The normalized spacial score (nSPS) is 15.0. The average molecular weight is 423 g/mol. The molecular weight excluding hydrogens is 404 g/mol. The van der Waals surface area contributed by atoms with Gasteiger partial charge in [-0.25, -0.2) is 5.43 Å². The van der Waals surface area contributed by atoms with Crippen LogP contribution in [0.15, 0.2) is 77.9 Å². The summed E-state index contributed by atoms with van der Waals surface area (Å²) < 4.78 is 16.9. The Morgan fingerprint density at radius 3 is 2.57 bits per heavy atom. The number of rotatable bonds is 6. The number of halogens is 1. The van der Waals surface area contributed by atoms with Crippen LogP contribution < -0.4 is 19.6 Å². The maximum atomic E-state index is 12.2. The van der Waals surface area contributed by atoms with Crippen molar-refractivity contribution in [2.75, 3.05) is 6.61 Å². The Hall–Kier alpha value is -3.51. The maximum absolute atomic E-state index is 12.2. The van der Waals surface area contributed by atoms with Gasteiger partial charge < -0.3 is 14.2 Å². The van der Waals surface area contributed by atoms with Crippen LogP contribution in [-0.4, -0.2) is 24.8 Å². The summed E-state index contributed by atoms with van der Waals surface area (Å²) in [6.07, 6.45) is 0.805. The summed E-state index contributed by atoms with van der Waals surface area (Å²) in [7, 11) is 0. The molecule has 0 bridgehead atoms. The molecule has 0 saturated heterocycles. The minimum Gasteiger partial charge on any atom is -0.489 e. The number of carbonyl (C=O) groups excluding carboxylic acids is 1. The molecule has 152 valence electrons. The van der Waals surface area contributed by atoms with Gasteiger partial charge in [-0.2, -0.15) is 5.10 Å². The minimum absolute atomic E-state index is 0.137. The van der Waals surface area contributed by atoms with Crippen LogP contribution in [-0.2, 0) is 11.4 Å². The van der Waals surface area contributed by atoms with Crippen molar-refractivity contribution in [1.29, 1.82) is 0 Å². The highest BCUT2D eigenvalue weighted by Crippen LogP contribution is 2.30. The van der Waals surface area contributed by atoms with E-state index in [1.54, 1.807) is 18.3 Å². The second-order valence-corrected chi connectivity index (χ2v) is 7.02. The van der Waals surface area contributed by atoms with Crippen molar-refractivity contribution in [3.63, 3.8) is 0 Å². The van der Waals surface area contributed by atoms with Gasteiger partial charge in [0.1, 0.15) is 19.0 Å². The van der Waals surface area contributed by atoms with Crippen LogP contribution in [0.2, 0.25) is 5.02 Å². The predicted molar refractivity (Wildman–Crippen MR) is 114 cm³/mol. The Morgan fingerprint density at radius 2 is 1.80 bits per heavy atom. The summed E-state index contributed by atoms with van der Waals surface area (Å²) in [5, 5.41) is 4.69. The Labute approximate surface area is 179 Å². The highest BCUT2D eigenvalue weighted by molar-refractivity contribution is 6.30. The molecule has 4 rings (SSSR count). The van der Waals surface area contributed by atoms with Gasteiger partial charge in [-0.3, -0.25) is 4.79 Å². The smallest absolute Gasteiger partial charge is 0.284 e. The number of benzene rings is 3. The fourth-order valence-corrected chi connectivity index (χ4v) is 2.91. The van der Waals surface area contributed by atoms with Crippen LogP contribution in [0.25, 0.3) is 0 Å². The Kier molecular flexibility index (Phi) is 6.15. The van der Waals surface area contributed by atoms with Gasteiger partial charge in [-0.15, -0.1) is 0 Å². The van der Waals surface area contributed by atoms with Crippen molar-refractivity contribution in [2.45, 2.75) is 12.7 Å². The highest BCUT2D eigenvalue weighted by Gasteiger charge is 2.26. The van der Waals surface area contributed by atoms with E-state index >= 15 is 0 Å². The highest BCUT2D eigenvalue weighted by atomic mass is 35.5. The van der Waals surface area contributed by atoms with Crippen LogP contribution in [0.4, 0.5) is 0 Å². The summed E-state index contributed by atoms with van der Waals surface area (Å²) in [5.41, 5.74) is 4.33. The first-order chi connectivity index (χ1) is 14.7. The third-order valence-corrected chi connectivity index (χ3v) is 4.64. The number of fused-ring (bicyclic) bond motifs is 1. The van der Waals surface area contributed by atoms with Crippen LogP contribution >= 0.6 is 11.6 Å². The van der Waals surface area contributed by atoms with E-state index in [-0.39, 0.29) is 12.5 Å². The summed E-state index contributed by atoms with van der Waals surface area (Å²) >= 11 is 5.88. The monoisotopic (exact) mass is 422 g/mol. The van der Waals surface area contributed by atoms with E-state index in [0.29, 0.717) is 23.1 Å². The van der Waals surface area contributed by atoms with Gasteiger partial charge in [0, 0.05) is 5.02 Å². The number of hydrogen-bond acceptors (Lipinski definition) is 5. The molecule has 3 aromatic carbocycles. The quantitative estimate of drug-likeness (QED) is 0.477. The molecule has 0 aromatic heterocycles. The molecule has 1 aliphatic heterocycles. The fraction of sp³-hybridized carbons (Fsp3) is 0.130. The Morgan fingerprint density at radius 1 is 1.07 bits per heavy atom. The zero-order valence-electron chi connectivity index (χ0n) is 16.0. The topological polar surface area (TPSA) is 69.2 Å². The van der Waals surface area contributed by atoms with E-state index < -0.39 is 6.10 Å². The van der Waals surface area contributed by atoms with Crippen molar-refractivity contribution in [2.24, 2.45) is 5.10 Å². The van der Waals surface area contributed by atoms with Gasteiger partial charge in [-0.05, 0) is 59.7 Å². The van der Waals surface area contributed by atoms with Gasteiger partial charge in [-0.1, -0.05) is 35.9 Å². The van der Waals surface area contributed by atoms with Crippen molar-refractivity contribution >= 4 is 23.7 Å². The predicted octanol–water partition coefficient (Wildman–Crippen LogP) is 4.21. The number of hydrazone groups is 1. The molecule has 1 amide bonds. The fourth-order valence-electron chi connectivity index (χ4n) is 2.79. The number of ether oxygens (including phenoxy) is 3. The standard InChI is InChI=1S/C23H19ClN2O4/c24-18-9-5-17(6-10-18)14-28-19-11-7-16(8-12-19)13-25-26-23(27)22-15-29-20-3-1-2-4-21(20)30-22/h1-13,22H,14-15H2,(H,26,27)/b25-13+. The second kappa shape index (κ2) is 9.33. The zero-order valence-corrected chi connectivity index (χ0v) is 16.7. The van der Waals surface area contributed by atoms with Crippen molar-refractivity contribution < 1.29 is 19.0 Å². The third kappa shape index (κ3) is 5.10. The lowest BCUT2D eigenvalue weighted by Crippen LogP contribution is -2.42. The summed E-state index contributed by atoms with van der Waals surface area (Å²) in [6.45, 7) is 0.589. The molecule has 0 fully saturated rings. The number of carbonyl (C=O) groups is 1. The number of hydrogen-bond donors (Lipinski definition) is 1. The van der Waals surface area contributed by atoms with E-state index in [1.165, 1.54) is 0 Å². The lowest BCUT2D eigenvalue weighted by atomic mass is 10.2. The molecule has 30 heavy (non-hydrogen) atoms. The van der Waals surface area contributed by atoms with Crippen molar-refractivity contribution in [1.82, 2.24) is 5.43 Å². The first-order valence-electron chi connectivity index (χ1n) is 9.36. The summed E-state index contributed by atoms with van der Waals surface area (Å²) in [6, 6.07) is 22.1. The van der Waals surface area contributed by atoms with Gasteiger partial charge in [0.2, 0.25) is 6.10 Å². The molecular formula is C23H19ClN2O4. The molecule has 7 heteroatoms. The SMILES string of the molecule is O=C(N/N=C/c1ccc(OCc2ccc(Cl)cc2)cc1)C1COc2ccccc2O1. The van der Waals surface area contributed by atoms with E-state index in [0.717, 1.165) is 16.9 Å². The van der Waals surface area contributed by atoms with Gasteiger partial charge in [0.25, 0.3) is 5.91 Å². The van der Waals surface area contributed by atoms with E-state index in [9.17, 15) is 4.79 Å². The minimum atomic E-state index is -0.749. The van der Waals surface area contributed by atoms with E-state index in [2.05, 4.69) is 10.5 Å². The van der Waals surface area contributed by atoms with Crippen molar-refractivity contribution in [3.8, 4) is 17.2 Å². The van der Waals surface area contributed by atoms with E-state index in [4.69, 9.17) is 25.8 Å². The zero-order chi connectivity index (χ0) is 20.8. The summed E-state index contributed by atoms with van der Waals surface area (Å²) in [4.78, 5) is 12.2. The molecule has 1 unspecified atom stereocenters. The maximum Gasteiger partial charge on any atom is 0.284 e. The summed E-state index contributed by atoms with van der Waals surface area (Å²) in [5.74, 6) is 1.53. The van der Waals surface area contributed by atoms with Crippen LogP contribution in [0, 0.1) is 0 Å². The molecule has 0 aliphatic carbocycles. The van der Waals surface area contributed by atoms with Crippen LogP contribution in [0.1, 0.15) is 11.1 Å². The molecule has 1 heterocycles. The molecule has 1 N–H and O–H groups in total. The Balaban J connectivity index is 1.26. The number of nitrogens with one attached hydrogen (secondary N) is 1. The molecule has 3 aromatic rings. The van der Waals surface area contributed by atoms with Crippen LogP contribution in [0.5, 0.6) is 17.2 Å². The Bertz CT molecular complexity index is 1040. The average Bonchev–Trinajstić information content (AvgIpc) is 2.79. The van der Waals surface area contributed by atoms with Gasteiger partial charge >= 0.3 is 0 Å². The van der Waals surface area contributed by atoms with Gasteiger partial charge in [0.05, 0.1) is 6.21 Å². The molecule has 0 saturated carbocycles. The first kappa shape index (κ1) is 19.8. The number of amides is 1. The van der Waals surface area contributed by atoms with E-state index in [1.807, 2.05) is 60.7 Å². The first-order valence-corrected chi connectivity index (χ1v) is 9.74. The molecule has 6 nitrogen and oxygen atoms in total. The number of para-hydroxylation sites is 2. The van der Waals surface area contributed by atoms with Crippen molar-refractivity contribution in [3.05, 3.63) is 88.9 Å². The van der Waals surface area contributed by atoms with Gasteiger partial charge in [0.15, 0.2) is 11.5 Å². The lowest BCUT2D eigenvalue weighted by Gasteiger charge is -2.24. The molecule has 1 aliphatic rings.